The van der Waals surface area contributed by atoms with Crippen molar-refractivity contribution in [3.63, 3.8) is 0 Å². The van der Waals surface area contributed by atoms with Gasteiger partial charge in [-0.05, 0) is 48.7 Å². The van der Waals surface area contributed by atoms with Gasteiger partial charge in [-0.25, -0.2) is 0 Å². The zero-order valence-corrected chi connectivity index (χ0v) is 16.2. The predicted molar refractivity (Wildman–Crippen MR) is 108 cm³/mol. The highest BCUT2D eigenvalue weighted by Crippen LogP contribution is 2.25. The monoisotopic (exact) mass is 386 g/mol. The summed E-state index contributed by atoms with van der Waals surface area (Å²) in [5, 5.41) is 6.10. The molecule has 0 saturated carbocycles. The quantitative estimate of drug-likeness (QED) is 0.540. The van der Waals surface area contributed by atoms with Crippen LogP contribution in [0.4, 0.5) is 0 Å². The van der Waals surface area contributed by atoms with Gasteiger partial charge in [0, 0.05) is 24.2 Å². The van der Waals surface area contributed by atoms with E-state index >= 15 is 0 Å². The number of benzene rings is 2. The number of amides is 2. The standard InChI is InChI=1S/C21H23ClN2O3/c1-15-12-18(13-16(2)21(15)22)27-14-20(26)24-11-10-23-19(25)9-8-17-6-4-3-5-7-17/h3-9,12-13H,10-11,14H2,1-2H3,(H,23,25)(H,24,26)/b9-8+. The number of hydrogen-bond donors (Lipinski definition) is 2. The Hall–Kier alpha value is -2.79. The van der Waals surface area contributed by atoms with Gasteiger partial charge in [0.2, 0.25) is 5.91 Å². The number of carbonyl (C=O) groups is 2. The molecular weight excluding hydrogens is 364 g/mol. The number of hydrogen-bond acceptors (Lipinski definition) is 3. The van der Waals surface area contributed by atoms with Crippen LogP contribution in [0.3, 0.4) is 0 Å². The van der Waals surface area contributed by atoms with Crippen LogP contribution >= 0.6 is 11.6 Å². The molecule has 0 aliphatic heterocycles. The molecule has 0 aliphatic carbocycles. The largest absolute Gasteiger partial charge is 0.484 e. The van der Waals surface area contributed by atoms with Crippen LogP contribution < -0.4 is 15.4 Å². The van der Waals surface area contributed by atoms with E-state index in [0.717, 1.165) is 16.7 Å². The lowest BCUT2D eigenvalue weighted by Gasteiger charge is -2.10. The third-order valence-corrected chi connectivity index (χ3v) is 4.35. The van der Waals surface area contributed by atoms with Crippen molar-refractivity contribution in [1.29, 1.82) is 0 Å². The molecule has 2 aromatic rings. The van der Waals surface area contributed by atoms with E-state index in [9.17, 15) is 9.59 Å². The first kappa shape index (κ1) is 20.5. The lowest BCUT2D eigenvalue weighted by Crippen LogP contribution is -2.36. The molecule has 0 fully saturated rings. The van der Waals surface area contributed by atoms with E-state index < -0.39 is 0 Å². The SMILES string of the molecule is Cc1cc(OCC(=O)NCCNC(=O)/C=C/c2ccccc2)cc(C)c1Cl. The highest BCUT2D eigenvalue weighted by Gasteiger charge is 2.06. The fraction of sp³-hybridized carbons (Fsp3) is 0.238. The number of rotatable bonds is 8. The average Bonchev–Trinajstić information content (AvgIpc) is 2.67. The Labute approximate surface area is 164 Å². The Kier molecular flexibility index (Phi) is 7.89. The van der Waals surface area contributed by atoms with Gasteiger partial charge in [-0.3, -0.25) is 9.59 Å². The molecule has 0 bridgehead atoms. The van der Waals surface area contributed by atoms with Crippen molar-refractivity contribution in [3.8, 4) is 5.75 Å². The van der Waals surface area contributed by atoms with Gasteiger partial charge in [-0.1, -0.05) is 41.9 Å². The predicted octanol–water partition coefficient (Wildman–Crippen LogP) is 3.28. The van der Waals surface area contributed by atoms with Crippen LogP contribution in [0.15, 0.2) is 48.5 Å². The second-order valence-corrected chi connectivity index (χ2v) is 6.42. The third kappa shape index (κ3) is 7.15. The molecule has 27 heavy (non-hydrogen) atoms. The van der Waals surface area contributed by atoms with E-state index in [0.29, 0.717) is 23.9 Å². The molecule has 6 heteroatoms. The summed E-state index contributed by atoms with van der Waals surface area (Å²) in [7, 11) is 0. The minimum Gasteiger partial charge on any atom is -0.484 e. The van der Waals surface area contributed by atoms with Crippen LogP contribution in [0.25, 0.3) is 6.08 Å². The van der Waals surface area contributed by atoms with Gasteiger partial charge in [-0.2, -0.15) is 0 Å². The number of aryl methyl sites for hydroxylation is 2. The fourth-order valence-corrected chi connectivity index (χ4v) is 2.48. The Balaban J connectivity index is 1.64. The van der Waals surface area contributed by atoms with Crippen LogP contribution in [0.5, 0.6) is 5.75 Å². The number of halogens is 1. The molecule has 5 nitrogen and oxygen atoms in total. The highest BCUT2D eigenvalue weighted by molar-refractivity contribution is 6.32. The molecule has 0 spiro atoms. The molecule has 0 atom stereocenters. The minimum absolute atomic E-state index is 0.0949. The molecule has 2 aromatic carbocycles. The van der Waals surface area contributed by atoms with Crippen LogP contribution in [-0.2, 0) is 9.59 Å². The first-order valence-corrected chi connectivity index (χ1v) is 9.00. The molecule has 0 saturated heterocycles. The molecule has 0 heterocycles. The Morgan fingerprint density at radius 1 is 1.04 bits per heavy atom. The van der Waals surface area contributed by atoms with Gasteiger partial charge in [0.15, 0.2) is 6.61 Å². The van der Waals surface area contributed by atoms with E-state index in [1.165, 1.54) is 6.08 Å². The molecule has 0 aromatic heterocycles. The van der Waals surface area contributed by atoms with E-state index in [4.69, 9.17) is 16.3 Å². The second kappa shape index (κ2) is 10.4. The molecular formula is C21H23ClN2O3. The summed E-state index contributed by atoms with van der Waals surface area (Å²) in [6.07, 6.45) is 3.20. The van der Waals surface area contributed by atoms with Gasteiger partial charge in [-0.15, -0.1) is 0 Å². The number of carbonyl (C=O) groups excluding carboxylic acids is 2. The van der Waals surface area contributed by atoms with E-state index in [1.54, 1.807) is 18.2 Å². The van der Waals surface area contributed by atoms with Gasteiger partial charge in [0.1, 0.15) is 5.75 Å². The molecule has 0 radical (unpaired) electrons. The van der Waals surface area contributed by atoms with Crippen LogP contribution in [0.2, 0.25) is 5.02 Å². The zero-order valence-electron chi connectivity index (χ0n) is 15.4. The first-order chi connectivity index (χ1) is 13.0. The van der Waals surface area contributed by atoms with E-state index in [1.807, 2.05) is 44.2 Å². The van der Waals surface area contributed by atoms with Gasteiger partial charge in [0.05, 0.1) is 0 Å². The average molecular weight is 387 g/mol. The highest BCUT2D eigenvalue weighted by atomic mass is 35.5. The fourth-order valence-electron chi connectivity index (χ4n) is 2.37. The Morgan fingerprint density at radius 2 is 1.67 bits per heavy atom. The molecule has 0 unspecified atom stereocenters. The maximum atomic E-state index is 11.8. The summed E-state index contributed by atoms with van der Waals surface area (Å²) >= 11 is 6.11. The molecule has 0 aliphatic rings. The Morgan fingerprint density at radius 3 is 2.33 bits per heavy atom. The van der Waals surface area contributed by atoms with Gasteiger partial charge >= 0.3 is 0 Å². The maximum absolute atomic E-state index is 11.8. The summed E-state index contributed by atoms with van der Waals surface area (Å²) in [6, 6.07) is 13.1. The minimum atomic E-state index is -0.255. The second-order valence-electron chi connectivity index (χ2n) is 6.04. The topological polar surface area (TPSA) is 67.4 Å². The molecule has 2 N–H and O–H groups in total. The molecule has 2 amide bonds. The van der Waals surface area contributed by atoms with Crippen molar-refractivity contribution in [2.45, 2.75) is 13.8 Å². The first-order valence-electron chi connectivity index (χ1n) is 8.63. The summed E-state index contributed by atoms with van der Waals surface area (Å²) in [5.41, 5.74) is 2.75. The van der Waals surface area contributed by atoms with Crippen molar-refractivity contribution >= 4 is 29.5 Å². The maximum Gasteiger partial charge on any atom is 0.258 e. The number of ether oxygens (including phenoxy) is 1. The smallest absolute Gasteiger partial charge is 0.258 e. The number of nitrogens with one attached hydrogen (secondary N) is 2. The van der Waals surface area contributed by atoms with Gasteiger partial charge < -0.3 is 15.4 Å². The van der Waals surface area contributed by atoms with Crippen molar-refractivity contribution < 1.29 is 14.3 Å². The van der Waals surface area contributed by atoms with Crippen molar-refractivity contribution in [2.24, 2.45) is 0 Å². The third-order valence-electron chi connectivity index (χ3n) is 3.75. The lowest BCUT2D eigenvalue weighted by molar-refractivity contribution is -0.123. The Bertz CT molecular complexity index is 796. The van der Waals surface area contributed by atoms with E-state index in [-0.39, 0.29) is 18.4 Å². The van der Waals surface area contributed by atoms with Crippen molar-refractivity contribution in [2.75, 3.05) is 19.7 Å². The van der Waals surface area contributed by atoms with Gasteiger partial charge in [0.25, 0.3) is 5.91 Å². The lowest BCUT2D eigenvalue weighted by atomic mass is 10.1. The van der Waals surface area contributed by atoms with Crippen LogP contribution in [0, 0.1) is 13.8 Å². The van der Waals surface area contributed by atoms with Crippen LogP contribution in [0.1, 0.15) is 16.7 Å². The summed E-state index contributed by atoms with van der Waals surface area (Å²) < 4.78 is 5.48. The van der Waals surface area contributed by atoms with Crippen LogP contribution in [-0.4, -0.2) is 31.5 Å². The van der Waals surface area contributed by atoms with Crippen molar-refractivity contribution in [1.82, 2.24) is 10.6 Å². The molecule has 2 rings (SSSR count). The summed E-state index contributed by atoms with van der Waals surface area (Å²) in [4.78, 5) is 23.5. The normalized spacial score (nSPS) is 10.6. The summed E-state index contributed by atoms with van der Waals surface area (Å²) in [5.74, 6) is 0.134. The van der Waals surface area contributed by atoms with Crippen molar-refractivity contribution in [3.05, 3.63) is 70.3 Å². The van der Waals surface area contributed by atoms with E-state index in [2.05, 4.69) is 10.6 Å². The molecule has 142 valence electrons. The summed E-state index contributed by atoms with van der Waals surface area (Å²) in [6.45, 7) is 4.34. The zero-order chi connectivity index (χ0) is 19.6.